The molecule has 3 saturated heterocycles. The molecule has 0 saturated carbocycles. The zero-order valence-electron chi connectivity index (χ0n) is 9.11. The molecule has 6 atom stereocenters. The molecule has 94 valence electrons. The first kappa shape index (κ1) is 11.2. The van der Waals surface area contributed by atoms with Crippen LogP contribution in [0.5, 0.6) is 0 Å². The Hall–Kier alpha value is -0.920. The third kappa shape index (κ3) is 1.33. The molecule has 2 bridgehead atoms. The van der Waals surface area contributed by atoms with E-state index in [1.54, 1.807) is 6.92 Å². The van der Waals surface area contributed by atoms with Gasteiger partial charge in [0.15, 0.2) is 6.10 Å². The Balaban J connectivity index is 1.92. The van der Waals surface area contributed by atoms with E-state index in [2.05, 4.69) is 6.58 Å². The van der Waals surface area contributed by atoms with Crippen molar-refractivity contribution in [3.8, 4) is 0 Å². The Morgan fingerprint density at radius 2 is 2.06 bits per heavy atom. The van der Waals surface area contributed by atoms with Crippen LogP contribution in [0.3, 0.4) is 0 Å². The van der Waals surface area contributed by atoms with Crippen molar-refractivity contribution in [2.45, 2.75) is 36.6 Å². The zero-order valence-corrected chi connectivity index (χ0v) is 9.92. The number of rotatable bonds is 2. The van der Waals surface area contributed by atoms with E-state index in [4.69, 9.17) is 13.7 Å². The van der Waals surface area contributed by atoms with E-state index >= 15 is 0 Å². The lowest BCUT2D eigenvalue weighted by Gasteiger charge is -2.25. The summed E-state index contributed by atoms with van der Waals surface area (Å²) in [5, 5.41) is -0.629. The van der Waals surface area contributed by atoms with E-state index in [0.29, 0.717) is 0 Å². The molecule has 3 aliphatic heterocycles. The summed E-state index contributed by atoms with van der Waals surface area (Å²) in [6, 6.07) is 0. The van der Waals surface area contributed by atoms with Crippen molar-refractivity contribution in [3.63, 3.8) is 0 Å². The molecule has 17 heavy (non-hydrogen) atoms. The number of hydrogen-bond donors (Lipinski definition) is 0. The van der Waals surface area contributed by atoms with Gasteiger partial charge >= 0.3 is 5.97 Å². The Morgan fingerprint density at radius 1 is 1.35 bits per heavy atom. The highest BCUT2D eigenvalue weighted by Crippen LogP contribution is 2.50. The largest absolute Gasteiger partial charge is 0.453 e. The average Bonchev–Trinajstić information content (AvgIpc) is 2.81. The van der Waals surface area contributed by atoms with Crippen LogP contribution in [-0.4, -0.2) is 44.1 Å². The second-order valence-electron chi connectivity index (χ2n) is 4.55. The van der Waals surface area contributed by atoms with Gasteiger partial charge in [-0.25, -0.2) is 4.79 Å². The third-order valence-electron chi connectivity index (χ3n) is 3.64. The first-order valence-electron chi connectivity index (χ1n) is 5.36. The Morgan fingerprint density at radius 3 is 2.71 bits per heavy atom. The maximum Gasteiger partial charge on any atom is 0.330 e. The topological polar surface area (TPSA) is 78.9 Å². The van der Waals surface area contributed by atoms with Gasteiger partial charge in [0, 0.05) is 12.0 Å². The minimum atomic E-state index is -3.60. The van der Waals surface area contributed by atoms with E-state index in [1.807, 2.05) is 0 Å². The fourth-order valence-electron chi connectivity index (χ4n) is 2.96. The molecule has 0 aliphatic carbocycles. The number of hydrogen-bond acceptors (Lipinski definition) is 6. The van der Waals surface area contributed by atoms with Gasteiger partial charge in [0.25, 0.3) is 10.1 Å². The predicted octanol–water partition coefficient (Wildman–Crippen LogP) is -0.401. The summed E-state index contributed by atoms with van der Waals surface area (Å²) < 4.78 is 39.1. The molecule has 0 spiro atoms. The summed E-state index contributed by atoms with van der Waals surface area (Å²) in [4.78, 5) is 11.2. The van der Waals surface area contributed by atoms with Gasteiger partial charge < -0.3 is 9.47 Å². The van der Waals surface area contributed by atoms with Gasteiger partial charge in [-0.05, 0) is 0 Å². The normalized spacial score (nSPS) is 49.2. The summed E-state index contributed by atoms with van der Waals surface area (Å²) in [5.41, 5.74) is 0. The molecule has 0 aromatic carbocycles. The highest BCUT2D eigenvalue weighted by Gasteiger charge is 2.70. The summed E-state index contributed by atoms with van der Waals surface area (Å²) >= 11 is 0. The molecule has 3 heterocycles. The van der Waals surface area contributed by atoms with Crippen LogP contribution in [0, 0.1) is 5.92 Å². The van der Waals surface area contributed by atoms with Crippen molar-refractivity contribution < 1.29 is 26.9 Å². The van der Waals surface area contributed by atoms with Crippen molar-refractivity contribution in [1.29, 1.82) is 0 Å². The summed E-state index contributed by atoms with van der Waals surface area (Å²) in [6.07, 6.45) is -1.24. The molecule has 0 aromatic rings. The van der Waals surface area contributed by atoms with Crippen LogP contribution in [-0.2, 0) is 28.6 Å². The van der Waals surface area contributed by atoms with Crippen molar-refractivity contribution >= 4 is 16.1 Å². The van der Waals surface area contributed by atoms with Gasteiger partial charge in [0.1, 0.15) is 23.6 Å². The van der Waals surface area contributed by atoms with Gasteiger partial charge in [-0.15, -0.1) is 0 Å². The molecule has 0 radical (unpaired) electrons. The van der Waals surface area contributed by atoms with Gasteiger partial charge in [-0.2, -0.15) is 8.42 Å². The first-order chi connectivity index (χ1) is 7.95. The molecule has 0 aromatic heterocycles. The van der Waals surface area contributed by atoms with Gasteiger partial charge in [0.05, 0.1) is 0 Å². The van der Waals surface area contributed by atoms with Crippen LogP contribution in [0.1, 0.15) is 6.92 Å². The SMILES string of the molecule is C=CC(=O)OC1C2OC3C1OS(=O)(=O)C3C2C. The average molecular weight is 260 g/mol. The van der Waals surface area contributed by atoms with Crippen LogP contribution in [0.2, 0.25) is 0 Å². The minimum absolute atomic E-state index is 0.230. The van der Waals surface area contributed by atoms with Crippen LogP contribution in [0.4, 0.5) is 0 Å². The molecule has 3 aliphatic rings. The fourth-order valence-corrected chi connectivity index (χ4v) is 4.84. The van der Waals surface area contributed by atoms with Gasteiger partial charge in [-0.1, -0.05) is 13.5 Å². The lowest BCUT2D eigenvalue weighted by molar-refractivity contribution is -0.149. The van der Waals surface area contributed by atoms with Crippen LogP contribution >= 0.6 is 0 Å². The van der Waals surface area contributed by atoms with Crippen LogP contribution < -0.4 is 0 Å². The smallest absolute Gasteiger partial charge is 0.330 e. The Labute approximate surface area is 98.7 Å². The molecule has 0 N–H and O–H groups in total. The van der Waals surface area contributed by atoms with E-state index in [9.17, 15) is 13.2 Å². The van der Waals surface area contributed by atoms with Crippen LogP contribution in [0.15, 0.2) is 12.7 Å². The number of carbonyl (C=O) groups is 1. The molecule has 6 nitrogen and oxygen atoms in total. The van der Waals surface area contributed by atoms with Crippen molar-refractivity contribution in [2.75, 3.05) is 0 Å². The summed E-state index contributed by atoms with van der Waals surface area (Å²) in [5.74, 6) is -0.825. The molecular weight excluding hydrogens is 248 g/mol. The lowest BCUT2D eigenvalue weighted by Crippen LogP contribution is -2.45. The molecule has 3 fully saturated rings. The summed E-state index contributed by atoms with van der Waals surface area (Å²) in [6.45, 7) is 5.07. The van der Waals surface area contributed by atoms with Gasteiger partial charge in [0.2, 0.25) is 0 Å². The number of esters is 1. The number of fused-ring (bicyclic) bond motifs is 1. The quantitative estimate of drug-likeness (QED) is 0.382. The molecule has 6 unspecified atom stereocenters. The third-order valence-corrected chi connectivity index (χ3v) is 5.50. The van der Waals surface area contributed by atoms with E-state index in [-0.39, 0.29) is 5.92 Å². The monoisotopic (exact) mass is 260 g/mol. The predicted molar refractivity (Wildman–Crippen MR) is 55.5 cm³/mol. The van der Waals surface area contributed by atoms with Crippen LogP contribution in [0.25, 0.3) is 0 Å². The standard InChI is InChI=1S/C10H12O6S/c1-3-5(11)14-7-6-4(2)10-9(15-6)8(7)16-17(10,12)13/h3-4,6-10H,1H2,2H3. The number of carbonyl (C=O) groups excluding carboxylic acids is 1. The second kappa shape index (κ2) is 3.30. The minimum Gasteiger partial charge on any atom is -0.453 e. The maximum atomic E-state index is 11.7. The second-order valence-corrected chi connectivity index (χ2v) is 6.27. The van der Waals surface area contributed by atoms with Crippen molar-refractivity contribution in [3.05, 3.63) is 12.7 Å². The Kier molecular flexibility index (Phi) is 2.17. The number of ether oxygens (including phenoxy) is 2. The highest BCUT2D eigenvalue weighted by atomic mass is 32.2. The first-order valence-corrected chi connectivity index (χ1v) is 6.83. The lowest BCUT2D eigenvalue weighted by atomic mass is 9.86. The van der Waals surface area contributed by atoms with E-state index in [1.165, 1.54) is 0 Å². The zero-order chi connectivity index (χ0) is 12.4. The molecule has 3 rings (SSSR count). The summed E-state index contributed by atoms with van der Waals surface area (Å²) in [7, 11) is -3.60. The molecule has 7 heteroatoms. The van der Waals surface area contributed by atoms with Crippen molar-refractivity contribution in [2.24, 2.45) is 5.92 Å². The van der Waals surface area contributed by atoms with E-state index in [0.717, 1.165) is 6.08 Å². The van der Waals surface area contributed by atoms with E-state index < -0.39 is 45.8 Å². The highest BCUT2D eigenvalue weighted by molar-refractivity contribution is 7.87. The van der Waals surface area contributed by atoms with Gasteiger partial charge in [-0.3, -0.25) is 4.18 Å². The van der Waals surface area contributed by atoms with Crippen molar-refractivity contribution in [1.82, 2.24) is 0 Å². The Bertz CT molecular complexity index is 483. The fraction of sp³-hybridized carbons (Fsp3) is 0.700. The maximum absolute atomic E-state index is 11.7. The molecule has 0 amide bonds. The molecular formula is C10H12O6S.